The van der Waals surface area contributed by atoms with Crippen molar-refractivity contribution in [1.29, 1.82) is 0 Å². The van der Waals surface area contributed by atoms with E-state index in [1.165, 1.54) is 0 Å². The van der Waals surface area contributed by atoms with Gasteiger partial charge in [-0.2, -0.15) is 0 Å². The zero-order valence-electron chi connectivity index (χ0n) is 18.5. The summed E-state index contributed by atoms with van der Waals surface area (Å²) in [5, 5.41) is 4.98. The Kier molecular flexibility index (Phi) is 7.07. The van der Waals surface area contributed by atoms with Gasteiger partial charge in [0.2, 0.25) is 0 Å². The third-order valence-corrected chi connectivity index (χ3v) is 6.17. The third-order valence-electron chi connectivity index (χ3n) is 5.76. The maximum Gasteiger partial charge on any atom is 0.253 e. The summed E-state index contributed by atoms with van der Waals surface area (Å²) < 4.78 is 11.0. The molecule has 32 heavy (non-hydrogen) atoms. The lowest BCUT2D eigenvalue weighted by Gasteiger charge is -2.27. The number of hydrogen-bond acceptors (Lipinski definition) is 4. The van der Waals surface area contributed by atoms with Gasteiger partial charge in [-0.15, -0.1) is 0 Å². The molecule has 1 aromatic heterocycles. The van der Waals surface area contributed by atoms with E-state index < -0.39 is 0 Å². The number of rotatable bonds is 7. The van der Waals surface area contributed by atoms with Crippen LogP contribution in [-0.4, -0.2) is 41.4 Å². The van der Waals surface area contributed by atoms with Gasteiger partial charge in [-0.25, -0.2) is 0 Å². The monoisotopic (exact) mass is 451 g/mol. The van der Waals surface area contributed by atoms with Crippen LogP contribution in [0.5, 0.6) is 5.75 Å². The molecule has 2 aromatic carbocycles. The van der Waals surface area contributed by atoms with Gasteiger partial charge in [0.1, 0.15) is 5.75 Å². The number of aromatic amines is 1. The predicted molar refractivity (Wildman–Crippen MR) is 131 cm³/mol. The van der Waals surface area contributed by atoms with Gasteiger partial charge in [-0.05, 0) is 73.3 Å². The second kappa shape index (κ2) is 10.1. The number of methoxy groups -OCH3 is 1. The highest BCUT2D eigenvalue weighted by molar-refractivity contribution is 7.80. The van der Waals surface area contributed by atoms with Crippen LogP contribution >= 0.6 is 12.2 Å². The van der Waals surface area contributed by atoms with Crippen LogP contribution in [0.3, 0.4) is 0 Å². The molecule has 0 radical (unpaired) electrons. The summed E-state index contributed by atoms with van der Waals surface area (Å²) in [4.78, 5) is 17.8. The highest BCUT2D eigenvalue weighted by Gasteiger charge is 2.18. The number of fused-ring (bicyclic) bond motifs is 1. The number of ether oxygens (including phenoxy) is 2. The summed E-state index contributed by atoms with van der Waals surface area (Å²) in [7, 11) is 1.65. The van der Waals surface area contributed by atoms with Crippen molar-refractivity contribution in [3.63, 3.8) is 0 Å². The molecule has 4 rings (SSSR count). The second-order valence-electron chi connectivity index (χ2n) is 8.24. The summed E-state index contributed by atoms with van der Waals surface area (Å²) in [6, 6.07) is 15.9. The van der Waals surface area contributed by atoms with E-state index in [4.69, 9.17) is 21.7 Å². The van der Waals surface area contributed by atoms with Crippen molar-refractivity contribution in [3.8, 4) is 5.75 Å². The number of nitrogens with zero attached hydrogens (tertiary/aromatic N) is 1. The molecule has 1 saturated heterocycles. The van der Waals surface area contributed by atoms with Crippen LogP contribution in [0.4, 0.5) is 0 Å². The minimum atomic E-state index is -0.0944. The number of pyridine rings is 1. The van der Waals surface area contributed by atoms with Crippen molar-refractivity contribution in [2.24, 2.45) is 0 Å². The van der Waals surface area contributed by atoms with E-state index >= 15 is 0 Å². The summed E-state index contributed by atoms with van der Waals surface area (Å²) >= 11 is 5.74. The standard InChI is InChI=1S/C25H29N3O3S/c1-17-5-10-23-19(12-17)13-20(24(29)27-23)16-28(15-18-6-8-21(30-2)9-7-18)25(32)26-14-22-4-3-11-31-22/h5-10,12-13,22H,3-4,11,14-16H2,1-2H3,(H,26,32)(H,27,29)/t22-/m0/s1. The number of hydrogen-bond donors (Lipinski definition) is 2. The molecule has 3 aromatic rings. The van der Waals surface area contributed by atoms with E-state index in [-0.39, 0.29) is 11.7 Å². The first-order chi connectivity index (χ1) is 15.5. The molecule has 2 heterocycles. The molecule has 1 fully saturated rings. The Balaban J connectivity index is 1.57. The maximum atomic E-state index is 12.8. The first-order valence-corrected chi connectivity index (χ1v) is 11.3. The molecular weight excluding hydrogens is 422 g/mol. The quantitative estimate of drug-likeness (QED) is 0.531. The van der Waals surface area contributed by atoms with Gasteiger partial charge in [-0.3, -0.25) is 4.79 Å². The molecule has 1 aliphatic heterocycles. The smallest absolute Gasteiger partial charge is 0.253 e. The van der Waals surface area contributed by atoms with Gasteiger partial charge < -0.3 is 24.7 Å². The Bertz CT molecular complexity index is 1140. The van der Waals surface area contributed by atoms with Gasteiger partial charge >= 0.3 is 0 Å². The minimum absolute atomic E-state index is 0.0944. The van der Waals surface area contributed by atoms with Gasteiger partial charge in [-0.1, -0.05) is 23.8 Å². The Morgan fingerprint density at radius 2 is 2.03 bits per heavy atom. The summed E-state index contributed by atoms with van der Waals surface area (Å²) in [6.07, 6.45) is 2.31. The Morgan fingerprint density at radius 1 is 1.22 bits per heavy atom. The molecule has 0 bridgehead atoms. The Labute approximate surface area is 193 Å². The Morgan fingerprint density at radius 3 is 2.75 bits per heavy atom. The zero-order chi connectivity index (χ0) is 22.5. The van der Waals surface area contributed by atoms with Crippen molar-refractivity contribution in [2.45, 2.75) is 39.0 Å². The van der Waals surface area contributed by atoms with Gasteiger partial charge in [0.15, 0.2) is 5.11 Å². The molecular formula is C25H29N3O3S. The largest absolute Gasteiger partial charge is 0.497 e. The van der Waals surface area contributed by atoms with Crippen molar-refractivity contribution < 1.29 is 9.47 Å². The number of thiocarbonyl (C=S) groups is 1. The number of aryl methyl sites for hydroxylation is 1. The van der Waals surface area contributed by atoms with E-state index in [0.29, 0.717) is 30.3 Å². The molecule has 2 N–H and O–H groups in total. The molecule has 1 aliphatic rings. The van der Waals surface area contributed by atoms with Crippen LogP contribution in [0.2, 0.25) is 0 Å². The fourth-order valence-corrected chi connectivity index (χ4v) is 4.18. The topological polar surface area (TPSA) is 66.6 Å². The van der Waals surface area contributed by atoms with Crippen molar-refractivity contribution in [2.75, 3.05) is 20.3 Å². The van der Waals surface area contributed by atoms with E-state index in [1.807, 2.05) is 54.3 Å². The first kappa shape index (κ1) is 22.3. The van der Waals surface area contributed by atoms with Crippen molar-refractivity contribution in [3.05, 3.63) is 75.6 Å². The molecule has 6 nitrogen and oxygen atoms in total. The average molecular weight is 452 g/mol. The van der Waals surface area contributed by atoms with Crippen LogP contribution in [0.25, 0.3) is 10.9 Å². The summed E-state index contributed by atoms with van der Waals surface area (Å²) in [5.74, 6) is 0.806. The van der Waals surface area contributed by atoms with Crippen LogP contribution in [0.1, 0.15) is 29.5 Å². The lowest BCUT2D eigenvalue weighted by Crippen LogP contribution is -2.42. The molecule has 1 atom stereocenters. The molecule has 0 amide bonds. The molecule has 0 aliphatic carbocycles. The minimum Gasteiger partial charge on any atom is -0.497 e. The second-order valence-corrected chi connectivity index (χ2v) is 8.63. The molecule has 0 spiro atoms. The average Bonchev–Trinajstić information content (AvgIpc) is 3.32. The molecule has 0 saturated carbocycles. The lowest BCUT2D eigenvalue weighted by molar-refractivity contribution is 0.113. The number of aromatic nitrogens is 1. The van der Waals surface area contributed by atoms with Gasteiger partial charge in [0.25, 0.3) is 5.56 Å². The van der Waals surface area contributed by atoms with Crippen LogP contribution < -0.4 is 15.6 Å². The normalized spacial score (nSPS) is 15.6. The lowest BCUT2D eigenvalue weighted by atomic mass is 10.1. The number of benzene rings is 2. The SMILES string of the molecule is COc1ccc(CN(Cc2cc3cc(C)ccc3[nH]c2=O)C(=S)NC[C@@H]2CCCO2)cc1. The third kappa shape index (κ3) is 5.47. The van der Waals surface area contributed by atoms with E-state index in [0.717, 1.165) is 47.2 Å². The van der Waals surface area contributed by atoms with Crippen LogP contribution in [0, 0.1) is 6.92 Å². The highest BCUT2D eigenvalue weighted by atomic mass is 32.1. The zero-order valence-corrected chi connectivity index (χ0v) is 19.3. The molecule has 0 unspecified atom stereocenters. The first-order valence-electron chi connectivity index (χ1n) is 10.9. The fraction of sp³-hybridized carbons (Fsp3) is 0.360. The predicted octanol–water partition coefficient (Wildman–Crippen LogP) is 3.90. The molecule has 7 heteroatoms. The van der Waals surface area contributed by atoms with Gasteiger partial charge in [0, 0.05) is 30.8 Å². The van der Waals surface area contributed by atoms with E-state index in [2.05, 4.69) is 16.4 Å². The highest BCUT2D eigenvalue weighted by Crippen LogP contribution is 2.17. The fourth-order valence-electron chi connectivity index (χ4n) is 3.96. The Hall–Kier alpha value is -2.90. The van der Waals surface area contributed by atoms with Crippen molar-refractivity contribution >= 4 is 28.2 Å². The maximum absolute atomic E-state index is 12.8. The van der Waals surface area contributed by atoms with Gasteiger partial charge in [0.05, 0.1) is 19.8 Å². The van der Waals surface area contributed by atoms with Crippen molar-refractivity contribution in [1.82, 2.24) is 15.2 Å². The summed E-state index contributed by atoms with van der Waals surface area (Å²) in [6.45, 7) is 4.51. The molecule has 168 valence electrons. The van der Waals surface area contributed by atoms with Crippen LogP contribution in [0.15, 0.2) is 53.3 Å². The number of H-pyrrole nitrogens is 1. The van der Waals surface area contributed by atoms with Crippen LogP contribution in [-0.2, 0) is 17.8 Å². The summed E-state index contributed by atoms with van der Waals surface area (Å²) in [5.41, 5.74) is 3.66. The van der Waals surface area contributed by atoms with E-state index in [9.17, 15) is 4.79 Å². The van der Waals surface area contributed by atoms with E-state index in [1.54, 1.807) is 7.11 Å². The number of nitrogens with one attached hydrogen (secondary N) is 2.